The summed E-state index contributed by atoms with van der Waals surface area (Å²) in [7, 11) is 0. The number of unbranched alkanes of at least 4 members (excludes halogenated alkanes) is 16. The van der Waals surface area contributed by atoms with Gasteiger partial charge in [-0.3, -0.25) is 9.59 Å². The molecule has 0 amide bonds. The normalized spacial score (nSPS) is 11.6. The van der Waals surface area contributed by atoms with Gasteiger partial charge in [-0.2, -0.15) is 4.98 Å². The molecule has 1 aromatic heterocycles. The topological polar surface area (TPSA) is 133 Å². The molecule has 0 aliphatic rings. The highest BCUT2D eigenvalue weighted by atomic mass is 16.5. The number of carbonyl (C=O) groups excluding carboxylic acids is 2. The Bertz CT molecular complexity index is 964. The molecule has 0 saturated heterocycles. The summed E-state index contributed by atoms with van der Waals surface area (Å²) in [6.07, 6.45) is 35.6. The van der Waals surface area contributed by atoms with Crippen LogP contribution in [0.4, 0.5) is 12.0 Å². The van der Waals surface area contributed by atoms with Gasteiger partial charge in [0.05, 0.1) is 13.2 Å². The molecule has 3 N–H and O–H groups in total. The first-order valence-electron chi connectivity index (χ1n) is 24.3. The van der Waals surface area contributed by atoms with E-state index in [1.165, 1.54) is 116 Å². The summed E-state index contributed by atoms with van der Waals surface area (Å²) >= 11 is 0. The van der Waals surface area contributed by atoms with E-state index >= 15 is 0 Å². The quantitative estimate of drug-likeness (QED) is 0.0485. The Kier molecular flexibility index (Phi) is 36.1. The lowest BCUT2D eigenvalue weighted by atomic mass is 9.92. The van der Waals surface area contributed by atoms with Crippen molar-refractivity contribution in [3.8, 4) is 0 Å². The third kappa shape index (κ3) is 33.2. The molecule has 0 aliphatic carbocycles. The fraction of sp³-hybridized carbons (Fsp3) is 0.915. The van der Waals surface area contributed by atoms with Gasteiger partial charge in [0.15, 0.2) is 0 Å². The number of carbonyl (C=O) groups is 2. The van der Waals surface area contributed by atoms with Crippen molar-refractivity contribution in [1.82, 2.24) is 15.0 Å². The van der Waals surface area contributed by atoms with Crippen molar-refractivity contribution >= 4 is 23.9 Å². The van der Waals surface area contributed by atoms with Crippen molar-refractivity contribution in [3.05, 3.63) is 0 Å². The maximum Gasteiger partial charge on any atom is 0.320 e. The van der Waals surface area contributed by atoms with Gasteiger partial charge in [0.25, 0.3) is 5.95 Å². The van der Waals surface area contributed by atoms with Gasteiger partial charge in [-0.05, 0) is 81.6 Å². The number of ether oxygens (including phenoxy) is 2. The second-order valence-electron chi connectivity index (χ2n) is 16.8. The van der Waals surface area contributed by atoms with Crippen LogP contribution in [0.15, 0.2) is 4.52 Å². The van der Waals surface area contributed by atoms with Crippen LogP contribution in [0.25, 0.3) is 0 Å². The van der Waals surface area contributed by atoms with E-state index in [2.05, 4.69) is 48.1 Å². The van der Waals surface area contributed by atoms with Crippen LogP contribution in [0.5, 0.6) is 0 Å². The van der Waals surface area contributed by atoms with E-state index in [4.69, 9.17) is 19.7 Å². The van der Waals surface area contributed by atoms with Gasteiger partial charge < -0.3 is 29.9 Å². The molecular weight excluding hydrogens is 715 g/mol. The number of nitrogens with one attached hydrogen (secondary N) is 1. The number of nitrogens with zero attached hydrogens (tertiary/aromatic N) is 3. The minimum absolute atomic E-state index is 0.0197. The van der Waals surface area contributed by atoms with Crippen molar-refractivity contribution in [2.75, 3.05) is 50.4 Å². The van der Waals surface area contributed by atoms with Crippen molar-refractivity contribution in [2.24, 2.45) is 11.8 Å². The van der Waals surface area contributed by atoms with Gasteiger partial charge in [-0.25, -0.2) is 0 Å². The maximum atomic E-state index is 12.4. The average Bonchev–Trinajstić information content (AvgIpc) is 3.62. The average molecular weight is 806 g/mol. The number of hydrogen-bond donors (Lipinski definition) is 2. The summed E-state index contributed by atoms with van der Waals surface area (Å²) in [4.78, 5) is 31.4. The lowest BCUT2D eigenvalue weighted by Crippen LogP contribution is -2.28. The van der Waals surface area contributed by atoms with E-state index in [9.17, 15) is 9.59 Å². The van der Waals surface area contributed by atoms with Crippen LogP contribution in [0, 0.1) is 11.8 Å². The van der Waals surface area contributed by atoms with Crippen molar-refractivity contribution < 1.29 is 23.6 Å². The molecular formula is C47H91N5O5. The first-order valence-corrected chi connectivity index (χ1v) is 24.3. The van der Waals surface area contributed by atoms with Gasteiger partial charge >= 0.3 is 18.0 Å². The number of anilines is 2. The predicted octanol–water partition coefficient (Wildman–Crippen LogP) is 12.9. The molecule has 1 rings (SSSR count). The zero-order valence-corrected chi connectivity index (χ0v) is 37.8. The summed E-state index contributed by atoms with van der Waals surface area (Å²) in [5, 5.41) is 7.02. The predicted molar refractivity (Wildman–Crippen MR) is 238 cm³/mol. The Morgan fingerprint density at radius 2 is 0.965 bits per heavy atom. The summed E-state index contributed by atoms with van der Waals surface area (Å²) < 4.78 is 16.2. The molecule has 0 aromatic carbocycles. The molecule has 0 unspecified atom stereocenters. The molecule has 1 heterocycles. The molecule has 10 heteroatoms. The number of aromatic nitrogens is 2. The van der Waals surface area contributed by atoms with Crippen LogP contribution < -0.4 is 11.1 Å². The van der Waals surface area contributed by atoms with Crippen LogP contribution in [0.2, 0.25) is 0 Å². The molecule has 1 aromatic rings. The lowest BCUT2D eigenvalue weighted by molar-refractivity contribution is -0.145. The van der Waals surface area contributed by atoms with Gasteiger partial charge in [-0.15, -0.1) is 0 Å². The zero-order chi connectivity index (χ0) is 41.4. The van der Waals surface area contributed by atoms with E-state index in [0.29, 0.717) is 43.8 Å². The number of nitrogens with two attached hydrogens (primary N) is 1. The summed E-state index contributed by atoms with van der Waals surface area (Å²) in [5.41, 5.74) is 5.55. The Hall–Kier alpha value is -2.36. The van der Waals surface area contributed by atoms with E-state index in [0.717, 1.165) is 96.8 Å². The third-order valence-corrected chi connectivity index (χ3v) is 11.5. The molecule has 0 radical (unpaired) electrons. The van der Waals surface area contributed by atoms with Gasteiger partial charge in [0.2, 0.25) is 0 Å². The van der Waals surface area contributed by atoms with E-state index in [1.54, 1.807) is 0 Å². The molecule has 0 saturated carbocycles. The maximum absolute atomic E-state index is 12.4. The second kappa shape index (κ2) is 39.1. The number of nitrogen functional groups attached to an aromatic ring is 1. The SMILES string of the molecule is CCCCCC(CCCCC)CCOC(=O)CCCCCCCN(CCCCCCCC(=O)OCCC(CCCCC)CCCCC)CCCNc1noc(N)n1. The monoisotopic (exact) mass is 806 g/mol. The summed E-state index contributed by atoms with van der Waals surface area (Å²) in [6.45, 7) is 14.1. The molecule has 0 atom stereocenters. The van der Waals surface area contributed by atoms with Crippen molar-refractivity contribution in [2.45, 2.75) is 227 Å². The van der Waals surface area contributed by atoms with Crippen LogP contribution >= 0.6 is 0 Å². The minimum Gasteiger partial charge on any atom is -0.466 e. The standard InChI is InChI=1S/C47H91N5O5/c1-5-9-19-28-42(29-20-10-6-2)34-40-55-44(53)32-23-15-13-17-25-37-52(39-27-36-49-47-50-46(48)57-51-47)38-26-18-14-16-24-33-45(54)56-41-35-43(30-21-11-7-3)31-22-12-8-4/h42-43H,5-41H2,1-4H3,(H3,48,49,50,51). The van der Waals surface area contributed by atoms with E-state index in [-0.39, 0.29) is 18.0 Å². The molecule has 10 nitrogen and oxygen atoms in total. The molecule has 0 aliphatic heterocycles. The fourth-order valence-electron chi connectivity index (χ4n) is 7.84. The Morgan fingerprint density at radius 3 is 1.37 bits per heavy atom. The van der Waals surface area contributed by atoms with Crippen LogP contribution in [-0.2, 0) is 19.1 Å². The van der Waals surface area contributed by atoms with Crippen LogP contribution in [-0.4, -0.2) is 66.4 Å². The highest BCUT2D eigenvalue weighted by molar-refractivity contribution is 5.69. The lowest BCUT2D eigenvalue weighted by Gasteiger charge is -2.22. The third-order valence-electron chi connectivity index (χ3n) is 11.5. The molecule has 0 fully saturated rings. The summed E-state index contributed by atoms with van der Waals surface area (Å²) in [6, 6.07) is 0.0758. The largest absolute Gasteiger partial charge is 0.466 e. The molecule has 334 valence electrons. The summed E-state index contributed by atoms with van der Waals surface area (Å²) in [5.74, 6) is 1.80. The molecule has 0 spiro atoms. The number of esters is 2. The van der Waals surface area contributed by atoms with Crippen LogP contribution in [0.3, 0.4) is 0 Å². The highest BCUT2D eigenvalue weighted by Crippen LogP contribution is 2.23. The van der Waals surface area contributed by atoms with Crippen molar-refractivity contribution in [1.29, 1.82) is 0 Å². The van der Waals surface area contributed by atoms with Gasteiger partial charge in [-0.1, -0.05) is 169 Å². The Balaban J connectivity index is 2.27. The highest BCUT2D eigenvalue weighted by Gasteiger charge is 2.13. The Labute approximate surface area is 350 Å². The van der Waals surface area contributed by atoms with Crippen LogP contribution in [0.1, 0.15) is 227 Å². The second-order valence-corrected chi connectivity index (χ2v) is 16.8. The Morgan fingerprint density at radius 1 is 0.561 bits per heavy atom. The van der Waals surface area contributed by atoms with Gasteiger partial charge in [0.1, 0.15) is 0 Å². The van der Waals surface area contributed by atoms with E-state index < -0.39 is 0 Å². The fourth-order valence-corrected chi connectivity index (χ4v) is 7.84. The number of hydrogen-bond acceptors (Lipinski definition) is 10. The smallest absolute Gasteiger partial charge is 0.320 e. The van der Waals surface area contributed by atoms with Crippen molar-refractivity contribution in [3.63, 3.8) is 0 Å². The van der Waals surface area contributed by atoms with E-state index in [1.807, 2.05) is 0 Å². The number of rotatable bonds is 43. The first-order chi connectivity index (χ1) is 27.9. The zero-order valence-electron chi connectivity index (χ0n) is 37.8. The van der Waals surface area contributed by atoms with Gasteiger partial charge in [0, 0.05) is 19.4 Å². The molecule has 57 heavy (non-hydrogen) atoms. The first kappa shape index (κ1) is 52.7. The molecule has 0 bridgehead atoms. The minimum atomic E-state index is -0.0197.